The molecule has 0 aromatic heterocycles. The van der Waals surface area contributed by atoms with Gasteiger partial charge in [0.2, 0.25) is 0 Å². The normalized spacial score (nSPS) is 15.8. The van der Waals surface area contributed by atoms with Gasteiger partial charge in [-0.25, -0.2) is 0 Å². The molecule has 0 fully saturated rings. The molecule has 0 spiro atoms. The Kier molecular flexibility index (Phi) is 5.05. The maximum absolute atomic E-state index is 12.2. The molecule has 0 amide bonds. The Morgan fingerprint density at radius 1 is 1.38 bits per heavy atom. The first-order valence-electron chi connectivity index (χ1n) is 6.79. The number of unbranched alkanes of at least 4 members (excludes halogenated alkanes) is 1. The lowest BCUT2D eigenvalue weighted by molar-refractivity contribution is -0.114. The van der Waals surface area contributed by atoms with Gasteiger partial charge < -0.3 is 5.32 Å². The fraction of sp³-hybridized carbons (Fsp3) is 0.429. The second kappa shape index (κ2) is 6.62. The molecular weight excluding hydrogens is 308 g/mol. The quantitative estimate of drug-likeness (QED) is 0.900. The van der Waals surface area contributed by atoms with E-state index >= 15 is 0 Å². The van der Waals surface area contributed by atoms with Crippen molar-refractivity contribution < 1.29 is 13.2 Å². The van der Waals surface area contributed by atoms with Gasteiger partial charge in [-0.3, -0.25) is 4.79 Å². The van der Waals surface area contributed by atoms with Crippen molar-refractivity contribution >= 4 is 38.4 Å². The lowest BCUT2D eigenvalue weighted by atomic mass is 10.1. The summed E-state index contributed by atoms with van der Waals surface area (Å²) in [7, 11) is -3.69. The maximum atomic E-state index is 12.2. The third kappa shape index (κ3) is 4.07. The van der Waals surface area contributed by atoms with E-state index in [2.05, 4.69) is 16.6 Å². The van der Waals surface area contributed by atoms with Gasteiger partial charge in [0, 0.05) is 0 Å². The van der Waals surface area contributed by atoms with E-state index in [9.17, 15) is 13.2 Å². The first kappa shape index (κ1) is 16.0. The molecule has 1 aliphatic heterocycles. The zero-order valence-electron chi connectivity index (χ0n) is 12.0. The van der Waals surface area contributed by atoms with E-state index in [-0.39, 0.29) is 21.6 Å². The molecule has 1 aromatic rings. The average Bonchev–Trinajstić information content (AvgIpc) is 2.42. The van der Waals surface area contributed by atoms with Crippen LogP contribution in [0.15, 0.2) is 27.5 Å². The number of nitrogens with zero attached hydrogens (tertiary/aromatic N) is 1. The smallest absolute Gasteiger partial charge is 0.286 e. The molecule has 0 unspecified atom stereocenters. The predicted molar refractivity (Wildman–Crippen MR) is 86.4 cm³/mol. The summed E-state index contributed by atoms with van der Waals surface area (Å²) in [5, 5.41) is 3.22. The highest BCUT2D eigenvalue weighted by atomic mass is 32.2. The molecule has 21 heavy (non-hydrogen) atoms. The maximum Gasteiger partial charge on any atom is 0.286 e. The zero-order valence-corrected chi connectivity index (χ0v) is 13.7. The van der Waals surface area contributed by atoms with E-state index < -0.39 is 10.0 Å². The molecule has 0 radical (unpaired) electrons. The summed E-state index contributed by atoms with van der Waals surface area (Å²) in [4.78, 5) is 11.2. The third-order valence-corrected chi connectivity index (χ3v) is 5.45. The van der Waals surface area contributed by atoms with Gasteiger partial charge in [-0.2, -0.15) is 8.42 Å². The van der Waals surface area contributed by atoms with E-state index in [0.717, 1.165) is 36.6 Å². The number of ketones is 1. The van der Waals surface area contributed by atoms with Gasteiger partial charge >= 0.3 is 0 Å². The minimum Gasteiger partial charge on any atom is -0.333 e. The number of rotatable bonds is 5. The zero-order chi connectivity index (χ0) is 15.5. The van der Waals surface area contributed by atoms with Gasteiger partial charge in [0.25, 0.3) is 10.0 Å². The Balaban J connectivity index is 2.26. The van der Waals surface area contributed by atoms with Gasteiger partial charge in [0.05, 0.1) is 11.4 Å². The summed E-state index contributed by atoms with van der Waals surface area (Å²) in [6.45, 7) is 3.55. The van der Waals surface area contributed by atoms with Crippen molar-refractivity contribution in [2.75, 3.05) is 11.1 Å². The number of Topliss-reactive ketones (excluding diaryl/α,β-unsaturated/α-hetero) is 1. The van der Waals surface area contributed by atoms with Gasteiger partial charge in [0.15, 0.2) is 5.17 Å². The van der Waals surface area contributed by atoms with Crippen molar-refractivity contribution in [2.45, 2.75) is 38.0 Å². The van der Waals surface area contributed by atoms with Gasteiger partial charge in [-0.05, 0) is 37.5 Å². The number of carbonyl (C=O) groups is 1. The number of anilines is 1. The van der Waals surface area contributed by atoms with Crippen molar-refractivity contribution in [2.24, 2.45) is 4.40 Å². The minimum atomic E-state index is -3.69. The Morgan fingerprint density at radius 3 is 2.81 bits per heavy atom. The van der Waals surface area contributed by atoms with Crippen LogP contribution in [0.2, 0.25) is 0 Å². The van der Waals surface area contributed by atoms with Crippen LogP contribution in [0.1, 0.15) is 32.3 Å². The number of thioether (sulfide) groups is 1. The molecule has 1 aromatic carbocycles. The molecule has 5 nitrogen and oxygen atoms in total. The SMILES string of the molecule is CCCCc1ccc2c(c1)S(=O)(=O)N=C(SCC(C)=O)N2. The second-order valence-electron chi connectivity index (χ2n) is 4.92. The van der Waals surface area contributed by atoms with Crippen molar-refractivity contribution in [3.63, 3.8) is 0 Å². The van der Waals surface area contributed by atoms with Crippen LogP contribution in [-0.2, 0) is 21.2 Å². The number of benzene rings is 1. The summed E-state index contributed by atoms with van der Waals surface area (Å²) in [5.74, 6) is 0.174. The molecule has 1 heterocycles. The predicted octanol–water partition coefficient (Wildman–Crippen LogP) is 2.82. The Labute approximate surface area is 129 Å². The monoisotopic (exact) mass is 326 g/mol. The highest BCUT2D eigenvalue weighted by Crippen LogP contribution is 2.30. The molecule has 1 aliphatic rings. The van der Waals surface area contributed by atoms with Crippen LogP contribution in [0.4, 0.5) is 5.69 Å². The number of sulfonamides is 1. The molecule has 114 valence electrons. The number of amidine groups is 1. The van der Waals surface area contributed by atoms with Gasteiger partial charge in [0.1, 0.15) is 10.7 Å². The summed E-state index contributed by atoms with van der Waals surface area (Å²) in [5.41, 5.74) is 1.52. The van der Waals surface area contributed by atoms with Crippen molar-refractivity contribution in [1.82, 2.24) is 0 Å². The molecular formula is C14H18N2O3S2. The van der Waals surface area contributed by atoms with Crippen molar-refractivity contribution in [1.29, 1.82) is 0 Å². The van der Waals surface area contributed by atoms with Crippen LogP contribution in [0.3, 0.4) is 0 Å². The third-order valence-electron chi connectivity index (χ3n) is 3.00. The fourth-order valence-electron chi connectivity index (χ4n) is 1.95. The van der Waals surface area contributed by atoms with Gasteiger partial charge in [-0.15, -0.1) is 4.40 Å². The first-order valence-corrected chi connectivity index (χ1v) is 9.22. The lowest BCUT2D eigenvalue weighted by Crippen LogP contribution is -2.20. The minimum absolute atomic E-state index is 0.0254. The van der Waals surface area contributed by atoms with Crippen LogP contribution in [0.5, 0.6) is 0 Å². The molecule has 1 N–H and O–H groups in total. The number of hydrogen-bond donors (Lipinski definition) is 1. The number of nitrogens with one attached hydrogen (secondary N) is 1. The number of fused-ring (bicyclic) bond motifs is 1. The summed E-state index contributed by atoms with van der Waals surface area (Å²) in [6, 6.07) is 5.37. The highest BCUT2D eigenvalue weighted by Gasteiger charge is 2.25. The lowest BCUT2D eigenvalue weighted by Gasteiger charge is -2.18. The first-order chi connectivity index (χ1) is 9.92. The average molecular weight is 326 g/mol. The number of hydrogen-bond acceptors (Lipinski definition) is 5. The van der Waals surface area contributed by atoms with Crippen LogP contribution in [-0.4, -0.2) is 25.1 Å². The van der Waals surface area contributed by atoms with E-state index in [1.54, 1.807) is 12.1 Å². The van der Waals surface area contributed by atoms with Crippen LogP contribution >= 0.6 is 11.8 Å². The largest absolute Gasteiger partial charge is 0.333 e. The summed E-state index contributed by atoms with van der Waals surface area (Å²) >= 11 is 1.10. The number of aryl methyl sites for hydroxylation is 1. The molecule has 0 saturated heterocycles. The summed E-state index contributed by atoms with van der Waals surface area (Å²) in [6.07, 6.45) is 2.94. The van der Waals surface area contributed by atoms with Gasteiger partial charge in [-0.1, -0.05) is 31.2 Å². The molecule has 0 bridgehead atoms. The Hall–Kier alpha value is -1.34. The van der Waals surface area contributed by atoms with Crippen molar-refractivity contribution in [3.8, 4) is 0 Å². The molecule has 7 heteroatoms. The van der Waals surface area contributed by atoms with Crippen LogP contribution in [0, 0.1) is 0 Å². The molecule has 0 aliphatic carbocycles. The second-order valence-corrected chi connectivity index (χ2v) is 7.46. The van der Waals surface area contributed by atoms with E-state index in [1.807, 2.05) is 6.07 Å². The Bertz CT molecular complexity index is 681. The topological polar surface area (TPSA) is 75.6 Å². The van der Waals surface area contributed by atoms with E-state index in [4.69, 9.17) is 0 Å². The molecule has 2 rings (SSSR count). The molecule has 0 saturated carbocycles. The number of carbonyl (C=O) groups excluding carboxylic acids is 1. The van der Waals surface area contributed by atoms with E-state index in [0.29, 0.717) is 5.69 Å². The van der Waals surface area contributed by atoms with E-state index in [1.165, 1.54) is 6.92 Å². The van der Waals surface area contributed by atoms with Crippen LogP contribution in [0.25, 0.3) is 0 Å². The Morgan fingerprint density at radius 2 is 2.14 bits per heavy atom. The summed E-state index contributed by atoms with van der Waals surface area (Å²) < 4.78 is 28.2. The standard InChI is InChI=1S/C14H18N2O3S2/c1-3-4-5-11-6-7-12-13(8-11)21(18,19)16-14(15-12)20-9-10(2)17/h6-8H,3-5,9H2,1-2H3,(H,15,16). The highest BCUT2D eigenvalue weighted by molar-refractivity contribution is 8.15. The van der Waals surface area contributed by atoms with Crippen molar-refractivity contribution in [3.05, 3.63) is 23.8 Å². The molecule has 0 atom stereocenters. The van der Waals surface area contributed by atoms with Crippen LogP contribution < -0.4 is 5.32 Å². The fourth-order valence-corrected chi connectivity index (χ4v) is 4.04.